The van der Waals surface area contributed by atoms with Gasteiger partial charge in [-0.05, 0) is 105 Å². The van der Waals surface area contributed by atoms with Crippen LogP contribution in [0.5, 0.6) is 0 Å². The van der Waals surface area contributed by atoms with Crippen molar-refractivity contribution in [3.63, 3.8) is 0 Å². The molecule has 3 aliphatic heterocycles. The smallest absolute Gasteiger partial charge is 0.310 e. The normalized spacial score (nSPS) is 32.1. The fraction of sp³-hybridized carbons (Fsp3) is 0.525. The number of aromatic nitrogens is 2. The van der Waals surface area contributed by atoms with Crippen LogP contribution in [0.1, 0.15) is 67.1 Å². The van der Waals surface area contributed by atoms with Gasteiger partial charge in [-0.25, -0.2) is 0 Å². The Kier molecular flexibility index (Phi) is 8.06. The summed E-state index contributed by atoms with van der Waals surface area (Å²) < 4.78 is 5.53. The SMILES string of the molecule is CC=C1CN(C)C2Cc3c([nH]c4ccccc34)C(c3ccc4[nH]c5c(c4c3)CCN3CC(CC)C(O)C(CC5)C3)CC1C2C(=O)OC. The van der Waals surface area contributed by atoms with Gasteiger partial charge in [0.1, 0.15) is 0 Å². The zero-order valence-corrected chi connectivity index (χ0v) is 28.4. The Morgan fingerprint density at radius 1 is 1.06 bits per heavy atom. The molecule has 0 amide bonds. The molecule has 2 aromatic heterocycles. The van der Waals surface area contributed by atoms with Crippen LogP contribution in [-0.4, -0.2) is 83.3 Å². The number of ether oxygens (including phenoxy) is 1. The molecule has 7 nitrogen and oxygen atoms in total. The van der Waals surface area contributed by atoms with E-state index in [-0.39, 0.29) is 35.9 Å². The molecule has 2 fully saturated rings. The molecule has 3 N–H and O–H groups in total. The van der Waals surface area contributed by atoms with Crippen LogP contribution in [-0.2, 0) is 28.8 Å². The summed E-state index contributed by atoms with van der Waals surface area (Å²) in [5.41, 5.74) is 10.4. The second-order valence-electron chi connectivity index (χ2n) is 14.9. The van der Waals surface area contributed by atoms with Crippen molar-refractivity contribution < 1.29 is 14.6 Å². The maximum atomic E-state index is 13.6. The van der Waals surface area contributed by atoms with E-state index in [1.54, 1.807) is 7.11 Å². The summed E-state index contributed by atoms with van der Waals surface area (Å²) >= 11 is 0. The van der Waals surface area contributed by atoms with Gasteiger partial charge in [-0.3, -0.25) is 9.69 Å². The topological polar surface area (TPSA) is 84.6 Å². The van der Waals surface area contributed by atoms with Crippen molar-refractivity contribution in [1.29, 1.82) is 0 Å². The number of rotatable bonds is 3. The van der Waals surface area contributed by atoms with Gasteiger partial charge >= 0.3 is 5.97 Å². The van der Waals surface area contributed by atoms with Crippen molar-refractivity contribution in [3.05, 3.63) is 82.2 Å². The number of hydrogen-bond donors (Lipinski definition) is 3. The number of allylic oxidation sites excluding steroid dienone is 1. The fourth-order valence-corrected chi connectivity index (χ4v) is 10.1. The molecule has 8 rings (SSSR count). The lowest BCUT2D eigenvalue weighted by Gasteiger charge is -2.46. The number of aliphatic hydroxyl groups is 1. The maximum absolute atomic E-state index is 13.6. The first-order valence-corrected chi connectivity index (χ1v) is 17.9. The number of aliphatic hydroxyl groups excluding tert-OH is 1. The van der Waals surface area contributed by atoms with Gasteiger partial charge in [0.05, 0.1) is 19.1 Å². The average molecular weight is 635 g/mol. The van der Waals surface area contributed by atoms with Gasteiger partial charge in [0, 0.05) is 71.3 Å². The lowest BCUT2D eigenvalue weighted by Crippen LogP contribution is -2.53. The van der Waals surface area contributed by atoms with Gasteiger partial charge in [-0.2, -0.15) is 0 Å². The predicted octanol–water partition coefficient (Wildman–Crippen LogP) is 6.20. The van der Waals surface area contributed by atoms with Crippen LogP contribution in [0.25, 0.3) is 21.8 Å². The Morgan fingerprint density at radius 2 is 1.89 bits per heavy atom. The zero-order valence-electron chi connectivity index (χ0n) is 28.4. The molecule has 2 saturated heterocycles. The van der Waals surface area contributed by atoms with Gasteiger partial charge in [-0.1, -0.05) is 42.8 Å². The number of aromatic amines is 2. The van der Waals surface area contributed by atoms with E-state index in [9.17, 15) is 9.90 Å². The number of H-pyrrole nitrogens is 2. The maximum Gasteiger partial charge on any atom is 0.310 e. The zero-order chi connectivity index (χ0) is 32.4. The van der Waals surface area contributed by atoms with Gasteiger partial charge in [0.25, 0.3) is 0 Å². The predicted molar refractivity (Wildman–Crippen MR) is 188 cm³/mol. The van der Waals surface area contributed by atoms with E-state index in [1.165, 1.54) is 55.5 Å². The van der Waals surface area contributed by atoms with E-state index < -0.39 is 0 Å². The Hall–Kier alpha value is -3.39. The van der Waals surface area contributed by atoms with Crippen LogP contribution in [0, 0.1) is 23.7 Å². The highest BCUT2D eigenvalue weighted by Gasteiger charge is 2.47. The molecule has 4 bridgehead atoms. The quantitative estimate of drug-likeness (QED) is 0.185. The highest BCUT2D eigenvalue weighted by Crippen LogP contribution is 2.48. The first-order valence-electron chi connectivity index (χ1n) is 17.9. The fourth-order valence-electron chi connectivity index (χ4n) is 10.1. The molecule has 248 valence electrons. The molecule has 1 aliphatic carbocycles. The molecule has 0 radical (unpaired) electrons. The van der Waals surface area contributed by atoms with Crippen LogP contribution in [0.3, 0.4) is 0 Å². The number of aryl methyl sites for hydroxylation is 1. The Labute approximate surface area is 278 Å². The second kappa shape index (κ2) is 12.2. The molecule has 8 atom stereocenters. The van der Waals surface area contributed by atoms with Gasteiger partial charge in [0.15, 0.2) is 0 Å². The van der Waals surface area contributed by atoms with Gasteiger partial charge in [-0.15, -0.1) is 0 Å². The van der Waals surface area contributed by atoms with Crippen LogP contribution < -0.4 is 0 Å². The van der Waals surface area contributed by atoms with Crippen LogP contribution in [0.15, 0.2) is 54.1 Å². The summed E-state index contributed by atoms with van der Waals surface area (Å²) in [5, 5.41) is 13.7. The molecule has 0 saturated carbocycles. The molecule has 2 aromatic carbocycles. The highest BCUT2D eigenvalue weighted by atomic mass is 16.5. The molecule has 7 heteroatoms. The Bertz CT molecular complexity index is 1840. The molecular weight excluding hydrogens is 584 g/mol. The number of carbonyl (C=O) groups is 1. The number of carbonyl (C=O) groups excluding carboxylic acids is 1. The molecule has 8 unspecified atom stereocenters. The van der Waals surface area contributed by atoms with E-state index in [0.717, 1.165) is 64.7 Å². The van der Waals surface area contributed by atoms with Gasteiger partial charge in [0.2, 0.25) is 0 Å². The Morgan fingerprint density at radius 3 is 2.70 bits per heavy atom. The lowest BCUT2D eigenvalue weighted by molar-refractivity contribution is -0.151. The number of fused-ring (bicyclic) bond motifs is 10. The standard InChI is InChI=1S/C40H50N4O3/c1-5-23-20-43(3)36-19-32-27-9-7-8-10-33(27)42-38(32)30(18-29(23)37(36)40(46)47-4)25-11-13-35-31(17-25)28-15-16-44-21-24(6-2)39(45)26(22-44)12-14-34(28)41-35/h5,7-11,13,17,24,26,29-30,36-37,39,41-42,45H,6,12,14-16,18-22H2,1-4H3. The van der Waals surface area contributed by atoms with Crippen molar-refractivity contribution >= 4 is 27.8 Å². The first kappa shape index (κ1) is 30.9. The van der Waals surface area contributed by atoms with Crippen LogP contribution in [0.4, 0.5) is 0 Å². The number of nitrogens with zero attached hydrogens (tertiary/aromatic N) is 2. The van der Waals surface area contributed by atoms with E-state index in [4.69, 9.17) is 4.74 Å². The molecule has 4 aromatic rings. The summed E-state index contributed by atoms with van der Waals surface area (Å²) in [6, 6.07) is 15.8. The third kappa shape index (κ3) is 5.17. The summed E-state index contributed by atoms with van der Waals surface area (Å²) in [6.45, 7) is 8.25. The number of piperidine rings is 2. The van der Waals surface area contributed by atoms with Crippen molar-refractivity contribution in [3.8, 4) is 0 Å². The van der Waals surface area contributed by atoms with E-state index in [1.807, 2.05) is 0 Å². The summed E-state index contributed by atoms with van der Waals surface area (Å²) in [7, 11) is 3.71. The first-order chi connectivity index (χ1) is 22.9. The van der Waals surface area contributed by atoms with Crippen LogP contribution in [0.2, 0.25) is 0 Å². The second-order valence-corrected chi connectivity index (χ2v) is 14.9. The largest absolute Gasteiger partial charge is 0.469 e. The van der Waals surface area contributed by atoms with Crippen molar-refractivity contribution in [2.24, 2.45) is 23.7 Å². The number of methoxy groups -OCH3 is 1. The number of likely N-dealkylation sites (N-methyl/N-ethyl adjacent to an activating group) is 1. The van der Waals surface area contributed by atoms with Crippen molar-refractivity contribution in [2.75, 3.05) is 40.3 Å². The third-order valence-electron chi connectivity index (χ3n) is 12.6. The Balaban J connectivity index is 1.25. The molecule has 0 spiro atoms. The lowest BCUT2D eigenvalue weighted by atomic mass is 9.67. The number of likely N-dealkylation sites (tertiary alicyclic amines) is 1. The number of benzene rings is 2. The summed E-state index contributed by atoms with van der Waals surface area (Å²) in [6.07, 6.45) is 7.75. The number of nitrogens with one attached hydrogen (secondary N) is 2. The van der Waals surface area contributed by atoms with Gasteiger partial charge < -0.3 is 24.7 Å². The minimum atomic E-state index is -0.218. The minimum absolute atomic E-state index is 0.0751. The molecule has 4 aliphatic rings. The van der Waals surface area contributed by atoms with E-state index >= 15 is 0 Å². The van der Waals surface area contributed by atoms with Crippen LogP contribution >= 0.6 is 0 Å². The number of hydrogen-bond acceptors (Lipinski definition) is 5. The monoisotopic (exact) mass is 634 g/mol. The van der Waals surface area contributed by atoms with Crippen molar-refractivity contribution in [2.45, 2.75) is 70.4 Å². The van der Waals surface area contributed by atoms with E-state index in [2.05, 4.69) is 89.2 Å². The molecular formula is C40H50N4O3. The molecule has 47 heavy (non-hydrogen) atoms. The summed E-state index contributed by atoms with van der Waals surface area (Å²) in [4.78, 5) is 26.3. The number of para-hydroxylation sites is 1. The minimum Gasteiger partial charge on any atom is -0.469 e. The summed E-state index contributed by atoms with van der Waals surface area (Å²) in [5.74, 6) is 0.608. The molecule has 5 heterocycles. The van der Waals surface area contributed by atoms with Crippen molar-refractivity contribution in [1.82, 2.24) is 19.8 Å². The highest BCUT2D eigenvalue weighted by molar-refractivity contribution is 5.87. The van der Waals surface area contributed by atoms with E-state index in [0.29, 0.717) is 11.8 Å². The third-order valence-corrected chi connectivity index (χ3v) is 12.6. The number of esters is 1. The average Bonchev–Trinajstić information content (AvgIpc) is 3.63.